The lowest BCUT2D eigenvalue weighted by atomic mass is 9.74. The summed E-state index contributed by atoms with van der Waals surface area (Å²) >= 11 is 2.89. The number of ketones is 1. The zero-order valence-electron chi connectivity index (χ0n) is 51.8. The predicted molar refractivity (Wildman–Crippen MR) is 355 cm³/mol. The van der Waals surface area contributed by atoms with Crippen LogP contribution in [0.4, 0.5) is 11.4 Å². The van der Waals surface area contributed by atoms with Gasteiger partial charge >= 0.3 is 5.97 Å². The molecule has 0 bridgehead atoms. The number of carboxylic acids is 1. The summed E-state index contributed by atoms with van der Waals surface area (Å²) in [5.74, 6) is -4.87. The van der Waals surface area contributed by atoms with Crippen LogP contribution in [0.15, 0.2) is 83.2 Å². The normalized spacial score (nSPS) is 17.2. The number of thiophene rings is 2. The van der Waals surface area contributed by atoms with E-state index < -0.39 is 88.7 Å². The average Bonchev–Trinajstić information content (AvgIpc) is 1.57. The zero-order valence-corrected chi connectivity index (χ0v) is 55.8. The fourth-order valence-corrected chi connectivity index (χ4v) is 15.7. The number of unbranched alkanes of at least 4 members (excludes halogenated alkanes) is 2. The fourth-order valence-electron chi connectivity index (χ4n) is 12.4. The number of hydrogen-bond donors (Lipinski definition) is 7. The smallest absolute Gasteiger partial charge is 0.303 e. The molecule has 0 aliphatic carbocycles. The first-order chi connectivity index (χ1) is 43.1. The van der Waals surface area contributed by atoms with Crippen LogP contribution < -0.4 is 20.9 Å². The van der Waals surface area contributed by atoms with Crippen molar-refractivity contribution in [3.63, 3.8) is 0 Å². The largest absolute Gasteiger partial charge is 0.481 e. The molecule has 2 aliphatic heterocycles. The quantitative estimate of drug-likeness (QED) is 0.00893. The highest BCUT2D eigenvalue weighted by Crippen LogP contribution is 2.56. The molecule has 0 saturated carbocycles. The van der Waals surface area contributed by atoms with Crippen LogP contribution in [0, 0.1) is 0 Å². The van der Waals surface area contributed by atoms with Gasteiger partial charge < -0.3 is 26.0 Å². The van der Waals surface area contributed by atoms with Crippen LogP contribution in [0.5, 0.6) is 0 Å². The number of carboxylic acid groups (broad SMARTS) is 1. The van der Waals surface area contributed by atoms with Gasteiger partial charge in [-0.05, 0) is 148 Å². The lowest BCUT2D eigenvalue weighted by Crippen LogP contribution is -2.32. The highest BCUT2D eigenvalue weighted by atomic mass is 32.2. The lowest BCUT2D eigenvalue weighted by Gasteiger charge is -2.30. The minimum atomic E-state index is -4.46. The van der Waals surface area contributed by atoms with Crippen molar-refractivity contribution < 1.29 is 72.6 Å². The van der Waals surface area contributed by atoms with Crippen molar-refractivity contribution in [2.45, 2.75) is 129 Å². The first-order valence-corrected chi connectivity index (χ1v) is 37.1. The Bertz CT molecular complexity index is 4230. The van der Waals surface area contributed by atoms with Gasteiger partial charge in [0.15, 0.2) is 11.5 Å². The Labute approximate surface area is 538 Å². The molecule has 6 aromatic rings. The van der Waals surface area contributed by atoms with Gasteiger partial charge in [-0.15, -0.1) is 22.7 Å². The molecule has 91 heavy (non-hydrogen) atoms. The number of benzene rings is 2. The minimum absolute atomic E-state index is 0.0227. The first-order valence-electron chi connectivity index (χ1n) is 30.5. The molecule has 8 rings (SSSR count). The maximum absolute atomic E-state index is 14.0. The summed E-state index contributed by atoms with van der Waals surface area (Å²) in [6.45, 7) is 12.6. The second-order valence-corrected chi connectivity index (χ2v) is 29.8. The monoisotopic (exact) mass is 1340 g/mol. The first kappa shape index (κ1) is 69.8. The summed E-state index contributed by atoms with van der Waals surface area (Å²) in [5.41, 5.74) is 5.43. The summed E-state index contributed by atoms with van der Waals surface area (Å²) < 4.78 is 106. The molecule has 27 heteroatoms. The third kappa shape index (κ3) is 16.2. The van der Waals surface area contributed by atoms with E-state index in [1.807, 2.05) is 68.0 Å². The Morgan fingerprint density at radius 1 is 0.615 bits per heavy atom. The number of Topliss-reactive ketones (excluding diaryl/α,β-unsaturated/α-hetero) is 1. The highest BCUT2D eigenvalue weighted by Gasteiger charge is 2.49. The van der Waals surface area contributed by atoms with E-state index in [0.29, 0.717) is 74.7 Å². The molecule has 6 heterocycles. The molecule has 0 spiro atoms. The Morgan fingerprint density at radius 3 is 1.76 bits per heavy atom. The third-order valence-corrected chi connectivity index (χ3v) is 20.7. The molecule has 488 valence electrons. The van der Waals surface area contributed by atoms with E-state index in [1.165, 1.54) is 34.8 Å². The molecule has 3 amide bonds. The van der Waals surface area contributed by atoms with E-state index in [4.69, 9.17) is 5.11 Å². The second kappa shape index (κ2) is 29.2. The van der Waals surface area contributed by atoms with E-state index in [1.54, 1.807) is 19.1 Å². The molecule has 2 atom stereocenters. The molecule has 2 aromatic carbocycles. The molecule has 2 unspecified atom stereocenters. The number of aliphatic carboxylic acids is 1. The summed E-state index contributed by atoms with van der Waals surface area (Å²) in [6.07, 6.45) is 10.3. The standard InChI is InChI=1S/C64H77N7O15S5/c1-7-17-52(72)48-34-40(35-49(68-48)60(75)65-10-4)44-38-46-57(43-22-30-88-59(43)44)71(28-16-32-90(81,82)83)53(63(46,5)23-8-2)18-14-19-54-64(6,24-15-31-89(78,79)80)47-39-45(58-42(21-29-87-58)56(47)70(54)27-9-3)41-36-50(61(76)66-25-13-11-12-20-55(73)74)69-51(37-41)62(77)67-26-33-91(84,85)86/h14,18-19,21-22,29-30,34-39H,7-13,15-17,20,23-28,31-33H2,1-6H3,(H6-,65,66,67,73,74,75,76,77,78,79,80,81,82,83,84,85,86)/p+1. The van der Waals surface area contributed by atoms with Gasteiger partial charge in [0.25, 0.3) is 48.1 Å². The number of nitrogens with zero attached hydrogens (tertiary/aromatic N) is 4. The maximum Gasteiger partial charge on any atom is 0.303 e. The molecule has 7 N–H and O–H groups in total. The van der Waals surface area contributed by atoms with Crippen molar-refractivity contribution in [2.24, 2.45) is 0 Å². The third-order valence-electron chi connectivity index (χ3n) is 16.5. The molecule has 4 aromatic heterocycles. The summed E-state index contributed by atoms with van der Waals surface area (Å²) in [5, 5.41) is 22.7. The van der Waals surface area contributed by atoms with Crippen molar-refractivity contribution in [1.29, 1.82) is 0 Å². The Morgan fingerprint density at radius 2 is 1.18 bits per heavy atom. The van der Waals surface area contributed by atoms with Crippen molar-refractivity contribution >= 4 is 120 Å². The number of aromatic nitrogens is 2. The van der Waals surface area contributed by atoms with Crippen molar-refractivity contribution in [3.8, 4) is 22.3 Å². The van der Waals surface area contributed by atoms with E-state index in [2.05, 4.69) is 55.3 Å². The molecule has 0 fully saturated rings. The van der Waals surface area contributed by atoms with Gasteiger partial charge in [0.1, 0.15) is 29.3 Å². The van der Waals surface area contributed by atoms with E-state index in [0.717, 1.165) is 59.6 Å². The molecule has 2 aliphatic rings. The van der Waals surface area contributed by atoms with Gasteiger partial charge in [0.2, 0.25) is 5.69 Å². The van der Waals surface area contributed by atoms with E-state index in [9.17, 15) is 62.9 Å². The summed E-state index contributed by atoms with van der Waals surface area (Å²) in [6, 6.07) is 14.5. The van der Waals surface area contributed by atoms with Crippen LogP contribution in [-0.2, 0) is 46.0 Å². The molecular formula is C64H78N7O15S5+. The van der Waals surface area contributed by atoms with Crippen LogP contribution in [0.1, 0.15) is 172 Å². The van der Waals surface area contributed by atoms with Gasteiger partial charge in [-0.1, -0.05) is 39.7 Å². The topological polar surface area (TPSA) is 337 Å². The average molecular weight is 1350 g/mol. The fraction of sp³-hybridized carbons (Fsp3) is 0.438. The number of hydrogen-bond acceptors (Lipinski definition) is 16. The van der Waals surface area contributed by atoms with Gasteiger partial charge in [-0.3, -0.25) is 37.6 Å². The number of carbonyl (C=O) groups is 5. The Hall–Kier alpha value is -7.11. The lowest BCUT2D eigenvalue weighted by molar-refractivity contribution is -0.435. The number of amides is 3. The second-order valence-electron chi connectivity index (χ2n) is 23.3. The van der Waals surface area contributed by atoms with Crippen LogP contribution in [0.3, 0.4) is 0 Å². The van der Waals surface area contributed by atoms with Crippen LogP contribution in [0.2, 0.25) is 0 Å². The number of rotatable bonds is 32. The van der Waals surface area contributed by atoms with Crippen molar-refractivity contribution in [3.05, 3.63) is 117 Å². The summed E-state index contributed by atoms with van der Waals surface area (Å²) in [4.78, 5) is 77.1. The van der Waals surface area contributed by atoms with Gasteiger partial charge in [-0.2, -0.15) is 29.8 Å². The van der Waals surface area contributed by atoms with E-state index in [-0.39, 0.29) is 73.8 Å². The van der Waals surface area contributed by atoms with Crippen LogP contribution in [0.25, 0.3) is 42.4 Å². The SMILES string of the molecule is CCCC(=O)c1cc(-c2cc3c(c4ccsc24)[N+](CCCS(=O)(=O)O)=C(C=CC=C2N(CCC)c4c(cc(-c5cc(C(=O)NCCCCCC(=O)O)nc(C(=O)NCCS(=O)(=O)O)c5)c5sccc45)C2(C)CCCS(=O)(=O)O)C3(C)CCC)cc(C(=O)NCC)n1. The van der Waals surface area contributed by atoms with Gasteiger partial charge in [0, 0.05) is 94.1 Å². The van der Waals surface area contributed by atoms with Crippen LogP contribution >= 0.6 is 22.7 Å². The predicted octanol–water partition coefficient (Wildman–Crippen LogP) is 10.7. The molecular weight excluding hydrogens is 1270 g/mol. The molecule has 0 saturated heterocycles. The molecule has 22 nitrogen and oxygen atoms in total. The number of nitrogens with one attached hydrogen (secondary N) is 3. The van der Waals surface area contributed by atoms with Gasteiger partial charge in [-0.25, -0.2) is 9.97 Å². The number of pyridine rings is 2. The number of carbonyl (C=O) groups excluding carboxylic acids is 4. The van der Waals surface area contributed by atoms with Crippen molar-refractivity contribution in [2.75, 3.05) is 54.9 Å². The van der Waals surface area contributed by atoms with Crippen molar-refractivity contribution in [1.82, 2.24) is 25.9 Å². The maximum atomic E-state index is 14.0. The molecule has 0 radical (unpaired) electrons. The highest BCUT2D eigenvalue weighted by molar-refractivity contribution is 7.86. The zero-order chi connectivity index (χ0) is 66.2. The number of fused-ring (bicyclic) bond motifs is 6. The Kier molecular flexibility index (Phi) is 22.4. The summed E-state index contributed by atoms with van der Waals surface area (Å²) in [7, 11) is -13.3. The van der Waals surface area contributed by atoms with Gasteiger partial charge in [0.05, 0.1) is 33.7 Å². The van der Waals surface area contributed by atoms with Crippen LogP contribution in [-0.4, -0.2) is 144 Å². The number of allylic oxidation sites excluding steroid dienone is 4. The minimum Gasteiger partial charge on any atom is -0.481 e. The van der Waals surface area contributed by atoms with E-state index >= 15 is 0 Å². The Balaban J connectivity index is 1.31. The number of anilines is 1.